The van der Waals surface area contributed by atoms with Gasteiger partial charge in [-0.15, -0.1) is 0 Å². The van der Waals surface area contributed by atoms with Crippen LogP contribution in [-0.2, 0) is 10.8 Å². The minimum absolute atomic E-state index is 0.790. The summed E-state index contributed by atoms with van der Waals surface area (Å²) in [6, 6.07) is 1.11. The molecule has 0 N–H and O–H groups in total. The first-order valence-electron chi connectivity index (χ1n) is 5.27. The predicted octanol–water partition coefficient (Wildman–Crippen LogP) is 4.03. The average molecular weight is 283 g/mol. The molecule has 1 nitrogen and oxygen atoms in total. The molecule has 0 bridgehead atoms. The fourth-order valence-electron chi connectivity index (χ4n) is 1.06. The van der Waals surface area contributed by atoms with Crippen molar-refractivity contribution >= 4 is 38.5 Å². The third-order valence-corrected chi connectivity index (χ3v) is 10.1. The molecule has 0 heterocycles. The van der Waals surface area contributed by atoms with Crippen LogP contribution >= 0.6 is 11.6 Å². The summed E-state index contributed by atoms with van der Waals surface area (Å²) in [5.41, 5.74) is 1.56. The predicted molar refractivity (Wildman–Crippen MR) is 78.4 cm³/mol. The van der Waals surface area contributed by atoms with E-state index in [0.29, 0.717) is 0 Å². The monoisotopic (exact) mass is 282 g/mol. The summed E-state index contributed by atoms with van der Waals surface area (Å²) in [5.74, 6) is 0.790. The number of hydrogen-bond donors (Lipinski definition) is 0. The van der Waals surface area contributed by atoms with E-state index >= 15 is 0 Å². The van der Waals surface area contributed by atoms with Crippen LogP contribution in [0.3, 0.4) is 0 Å². The van der Waals surface area contributed by atoms with Crippen molar-refractivity contribution in [2.45, 2.75) is 45.3 Å². The molecule has 0 aromatic carbocycles. The van der Waals surface area contributed by atoms with E-state index in [1.807, 2.05) is 0 Å². The summed E-state index contributed by atoms with van der Waals surface area (Å²) in [5, 5.41) is 0. The highest BCUT2D eigenvalue weighted by Crippen LogP contribution is 2.21. The standard InChI is InChI=1S/C10H23ClOSSi2/c1-14(2,3)8-7-13(12)10(9-11)15(4,5)6/h9H,7-8H2,1-6H3/b10-9+. The van der Waals surface area contributed by atoms with E-state index in [0.717, 1.165) is 16.3 Å². The zero-order valence-corrected chi connectivity index (χ0v) is 14.3. The SMILES string of the molecule is C[Si](C)(C)CCS(=O)/C(=C\Cl)[Si](C)(C)C. The lowest BCUT2D eigenvalue weighted by Crippen LogP contribution is -2.30. The molecule has 0 fully saturated rings. The van der Waals surface area contributed by atoms with Gasteiger partial charge in [0.2, 0.25) is 0 Å². The Bertz CT molecular complexity index is 264. The molecular weight excluding hydrogens is 260 g/mol. The summed E-state index contributed by atoms with van der Waals surface area (Å²) in [6.45, 7) is 13.5. The molecule has 15 heavy (non-hydrogen) atoms. The van der Waals surface area contributed by atoms with Crippen LogP contribution in [0.25, 0.3) is 0 Å². The summed E-state index contributed by atoms with van der Waals surface area (Å²) >= 11 is 5.79. The maximum absolute atomic E-state index is 12.1. The highest BCUT2D eigenvalue weighted by atomic mass is 35.5. The summed E-state index contributed by atoms with van der Waals surface area (Å²) in [4.78, 5) is 0. The van der Waals surface area contributed by atoms with Gasteiger partial charge < -0.3 is 0 Å². The van der Waals surface area contributed by atoms with Crippen molar-refractivity contribution in [3.8, 4) is 0 Å². The summed E-state index contributed by atoms with van der Waals surface area (Å²) in [7, 11) is -3.44. The van der Waals surface area contributed by atoms with Gasteiger partial charge >= 0.3 is 0 Å². The number of rotatable bonds is 5. The van der Waals surface area contributed by atoms with Gasteiger partial charge in [-0.25, -0.2) is 0 Å². The third kappa shape index (κ3) is 6.71. The quantitative estimate of drug-likeness (QED) is 0.696. The highest BCUT2D eigenvalue weighted by Gasteiger charge is 2.25. The lowest BCUT2D eigenvalue weighted by atomic mass is 10.9. The summed E-state index contributed by atoms with van der Waals surface area (Å²) in [6.07, 6.45) is 0. The van der Waals surface area contributed by atoms with Crippen LogP contribution in [0.5, 0.6) is 0 Å². The number of hydrogen-bond acceptors (Lipinski definition) is 1. The third-order valence-electron chi connectivity index (χ3n) is 2.12. The normalized spacial score (nSPS) is 16.6. The molecule has 1 atom stereocenters. The Balaban J connectivity index is 4.46. The van der Waals surface area contributed by atoms with E-state index in [9.17, 15) is 4.21 Å². The Morgan fingerprint density at radius 2 is 1.67 bits per heavy atom. The van der Waals surface area contributed by atoms with Crippen LogP contribution in [0.2, 0.25) is 45.3 Å². The van der Waals surface area contributed by atoms with E-state index in [1.165, 1.54) is 0 Å². The van der Waals surface area contributed by atoms with E-state index in [-0.39, 0.29) is 0 Å². The second-order valence-electron chi connectivity index (χ2n) is 6.08. The van der Waals surface area contributed by atoms with Crippen LogP contribution in [0.1, 0.15) is 0 Å². The van der Waals surface area contributed by atoms with Gasteiger partial charge in [0.1, 0.15) is 0 Å². The van der Waals surface area contributed by atoms with Crippen molar-refractivity contribution in [3.63, 3.8) is 0 Å². The Morgan fingerprint density at radius 1 is 1.20 bits per heavy atom. The van der Waals surface area contributed by atoms with Gasteiger partial charge in [-0.1, -0.05) is 50.9 Å². The molecule has 0 aliphatic rings. The van der Waals surface area contributed by atoms with Gasteiger partial charge in [-0.3, -0.25) is 4.21 Å². The molecule has 0 spiro atoms. The van der Waals surface area contributed by atoms with Crippen molar-refractivity contribution in [1.82, 2.24) is 0 Å². The fourth-order valence-corrected chi connectivity index (χ4v) is 9.22. The minimum Gasteiger partial charge on any atom is -0.255 e. The molecule has 0 aliphatic heterocycles. The maximum Gasteiger partial charge on any atom is 0.0902 e. The molecule has 0 rings (SSSR count). The van der Waals surface area contributed by atoms with Gasteiger partial charge in [0.25, 0.3) is 0 Å². The lowest BCUT2D eigenvalue weighted by molar-refractivity contribution is 0.688. The van der Waals surface area contributed by atoms with Gasteiger partial charge in [0.05, 0.1) is 8.07 Å². The van der Waals surface area contributed by atoms with E-state index in [1.54, 1.807) is 5.54 Å². The first kappa shape index (κ1) is 15.6. The van der Waals surface area contributed by atoms with Crippen molar-refractivity contribution < 1.29 is 4.21 Å². The van der Waals surface area contributed by atoms with Gasteiger partial charge in [0.15, 0.2) is 0 Å². The first-order chi connectivity index (χ1) is 6.58. The van der Waals surface area contributed by atoms with Crippen LogP contribution in [0.15, 0.2) is 10.1 Å². The Morgan fingerprint density at radius 3 is 1.93 bits per heavy atom. The maximum atomic E-state index is 12.1. The van der Waals surface area contributed by atoms with Crippen molar-refractivity contribution in [1.29, 1.82) is 0 Å². The van der Waals surface area contributed by atoms with Gasteiger partial charge in [-0.2, -0.15) is 0 Å². The van der Waals surface area contributed by atoms with Crippen molar-refractivity contribution in [2.24, 2.45) is 0 Å². The Hall–Kier alpha value is 0.614. The molecule has 0 aliphatic carbocycles. The molecule has 0 aromatic heterocycles. The van der Waals surface area contributed by atoms with E-state index in [2.05, 4.69) is 39.3 Å². The lowest BCUT2D eigenvalue weighted by Gasteiger charge is -2.21. The van der Waals surface area contributed by atoms with Gasteiger partial charge in [0, 0.05) is 34.7 Å². The topological polar surface area (TPSA) is 17.1 Å². The van der Waals surface area contributed by atoms with E-state index in [4.69, 9.17) is 11.6 Å². The molecular formula is C10H23ClOSSi2. The zero-order valence-electron chi connectivity index (χ0n) is 10.7. The molecule has 90 valence electrons. The van der Waals surface area contributed by atoms with Crippen LogP contribution in [0, 0.1) is 0 Å². The fraction of sp³-hybridized carbons (Fsp3) is 0.800. The van der Waals surface area contributed by atoms with Crippen molar-refractivity contribution in [2.75, 3.05) is 5.75 Å². The molecule has 0 aromatic rings. The largest absolute Gasteiger partial charge is 0.255 e. The molecule has 0 radical (unpaired) electrons. The minimum atomic E-state index is -1.50. The van der Waals surface area contributed by atoms with Crippen LogP contribution in [-0.4, -0.2) is 26.1 Å². The van der Waals surface area contributed by atoms with E-state index < -0.39 is 26.9 Å². The molecule has 0 amide bonds. The average Bonchev–Trinajstić information content (AvgIpc) is 1.98. The highest BCUT2D eigenvalue weighted by molar-refractivity contribution is 7.91. The summed E-state index contributed by atoms with van der Waals surface area (Å²) < 4.78 is 13.1. The van der Waals surface area contributed by atoms with Crippen LogP contribution in [0.4, 0.5) is 0 Å². The smallest absolute Gasteiger partial charge is 0.0902 e. The van der Waals surface area contributed by atoms with Gasteiger partial charge in [-0.05, 0) is 6.04 Å². The second kappa shape index (κ2) is 5.80. The molecule has 1 unspecified atom stereocenters. The Kier molecular flexibility index (Phi) is 6.03. The number of halogens is 1. The zero-order chi connectivity index (χ0) is 12.3. The van der Waals surface area contributed by atoms with Crippen LogP contribution < -0.4 is 0 Å². The second-order valence-corrected chi connectivity index (χ2v) is 18.9. The molecule has 0 saturated carbocycles. The molecule has 0 saturated heterocycles. The Labute approximate surface area is 104 Å². The molecule has 5 heteroatoms. The van der Waals surface area contributed by atoms with Crippen molar-refractivity contribution in [3.05, 3.63) is 10.1 Å². The first-order valence-corrected chi connectivity index (χ1v) is 14.2.